The zero-order valence-electron chi connectivity index (χ0n) is 8.09. The van der Waals surface area contributed by atoms with Crippen molar-refractivity contribution in [1.82, 2.24) is 10.6 Å². The van der Waals surface area contributed by atoms with Crippen LogP contribution in [-0.4, -0.2) is 19.6 Å². The van der Waals surface area contributed by atoms with Crippen LogP contribution in [0.3, 0.4) is 0 Å². The molecule has 1 fully saturated rings. The third kappa shape index (κ3) is 2.80. The van der Waals surface area contributed by atoms with E-state index in [1.54, 1.807) is 0 Å². The molecule has 0 bridgehead atoms. The Bertz CT molecular complexity index is 297. The Morgan fingerprint density at radius 3 is 2.93 bits per heavy atom. The zero-order valence-corrected chi connectivity index (χ0v) is 9.68. The quantitative estimate of drug-likeness (QED) is 0.856. The third-order valence-corrected chi connectivity index (χ3v) is 3.01. The first-order valence-corrected chi connectivity index (χ1v) is 5.80. The molecule has 2 N–H and O–H groups in total. The first-order chi connectivity index (χ1) is 6.84. The largest absolute Gasteiger partial charge is 0.316 e. The van der Waals surface area contributed by atoms with Crippen molar-refractivity contribution in [3.63, 3.8) is 0 Å². The Kier molecular flexibility index (Phi) is 3.56. The maximum absolute atomic E-state index is 3.47. The second-order valence-corrected chi connectivity index (χ2v) is 4.70. The van der Waals surface area contributed by atoms with Crippen LogP contribution in [0, 0.1) is 5.92 Å². The lowest BCUT2D eigenvalue weighted by atomic mass is 10.0. The average molecular weight is 255 g/mol. The van der Waals surface area contributed by atoms with Gasteiger partial charge < -0.3 is 10.6 Å². The minimum atomic E-state index is 0.835. The summed E-state index contributed by atoms with van der Waals surface area (Å²) in [6.45, 7) is 4.44. The molecule has 2 rings (SSSR count). The zero-order chi connectivity index (χ0) is 9.80. The number of hydrogen-bond donors (Lipinski definition) is 2. The van der Waals surface area contributed by atoms with E-state index in [1.165, 1.54) is 18.7 Å². The Balaban J connectivity index is 1.74. The highest BCUT2D eigenvalue weighted by molar-refractivity contribution is 9.10. The Morgan fingerprint density at radius 2 is 2.29 bits per heavy atom. The number of halogens is 1. The lowest BCUT2D eigenvalue weighted by Gasteiger charge is -2.27. The number of rotatable bonds is 4. The molecule has 0 aromatic heterocycles. The molecule has 0 atom stereocenters. The van der Waals surface area contributed by atoms with Crippen LogP contribution in [0.25, 0.3) is 0 Å². The predicted octanol–water partition coefficient (Wildman–Crippen LogP) is 1.76. The van der Waals surface area contributed by atoms with Gasteiger partial charge in [0, 0.05) is 30.7 Å². The van der Waals surface area contributed by atoms with Crippen molar-refractivity contribution in [2.45, 2.75) is 6.54 Å². The van der Waals surface area contributed by atoms with E-state index in [0.717, 1.165) is 23.5 Å². The van der Waals surface area contributed by atoms with E-state index in [9.17, 15) is 0 Å². The van der Waals surface area contributed by atoms with Crippen molar-refractivity contribution < 1.29 is 0 Å². The smallest absolute Gasteiger partial charge is 0.0206 e. The average Bonchev–Trinajstić information content (AvgIpc) is 2.09. The van der Waals surface area contributed by atoms with Crippen LogP contribution in [0.4, 0.5) is 0 Å². The van der Waals surface area contributed by atoms with E-state index in [-0.39, 0.29) is 0 Å². The van der Waals surface area contributed by atoms with Crippen LogP contribution < -0.4 is 10.6 Å². The van der Waals surface area contributed by atoms with Crippen molar-refractivity contribution in [3.05, 3.63) is 34.3 Å². The minimum Gasteiger partial charge on any atom is -0.316 e. The van der Waals surface area contributed by atoms with Gasteiger partial charge in [0.25, 0.3) is 0 Å². The van der Waals surface area contributed by atoms with Crippen LogP contribution in [0.1, 0.15) is 5.56 Å². The van der Waals surface area contributed by atoms with Gasteiger partial charge in [0.05, 0.1) is 0 Å². The van der Waals surface area contributed by atoms with E-state index < -0.39 is 0 Å². The summed E-state index contributed by atoms with van der Waals surface area (Å²) in [6, 6.07) is 8.44. The van der Waals surface area contributed by atoms with Gasteiger partial charge in [-0.25, -0.2) is 0 Å². The van der Waals surface area contributed by atoms with Crippen molar-refractivity contribution >= 4 is 15.9 Å². The number of hydrogen-bond acceptors (Lipinski definition) is 2. The molecule has 1 aromatic rings. The summed E-state index contributed by atoms with van der Waals surface area (Å²) in [5.41, 5.74) is 1.34. The van der Waals surface area contributed by atoms with E-state index in [4.69, 9.17) is 0 Å². The van der Waals surface area contributed by atoms with Crippen molar-refractivity contribution in [1.29, 1.82) is 0 Å². The maximum Gasteiger partial charge on any atom is 0.0206 e. The lowest BCUT2D eigenvalue weighted by Crippen LogP contribution is -2.47. The predicted molar refractivity (Wildman–Crippen MR) is 62.2 cm³/mol. The molecule has 0 amide bonds. The lowest BCUT2D eigenvalue weighted by molar-refractivity contribution is 0.331. The SMILES string of the molecule is Brc1cccc(CNCC2CNC2)c1. The Hall–Kier alpha value is -0.380. The molecule has 1 aliphatic rings. The molecule has 2 nitrogen and oxygen atoms in total. The molecule has 3 heteroatoms. The van der Waals surface area contributed by atoms with Crippen LogP contribution >= 0.6 is 15.9 Å². The fourth-order valence-electron chi connectivity index (χ4n) is 1.56. The Labute approximate surface area is 93.2 Å². The van der Waals surface area contributed by atoms with E-state index >= 15 is 0 Å². The summed E-state index contributed by atoms with van der Waals surface area (Å²) < 4.78 is 1.15. The summed E-state index contributed by atoms with van der Waals surface area (Å²) in [4.78, 5) is 0. The molecule has 0 unspecified atom stereocenters. The van der Waals surface area contributed by atoms with E-state index in [0.29, 0.717) is 0 Å². The molecule has 0 spiro atoms. The maximum atomic E-state index is 3.47. The Morgan fingerprint density at radius 1 is 1.43 bits per heavy atom. The van der Waals surface area contributed by atoms with Gasteiger partial charge in [0.2, 0.25) is 0 Å². The second kappa shape index (κ2) is 4.91. The molecular formula is C11H15BrN2. The van der Waals surface area contributed by atoms with Crippen LogP contribution in [-0.2, 0) is 6.54 Å². The van der Waals surface area contributed by atoms with Gasteiger partial charge in [0.1, 0.15) is 0 Å². The van der Waals surface area contributed by atoms with Gasteiger partial charge in [-0.05, 0) is 23.6 Å². The summed E-state index contributed by atoms with van der Waals surface area (Å²) in [7, 11) is 0. The molecule has 0 saturated carbocycles. The van der Waals surface area contributed by atoms with Gasteiger partial charge in [0.15, 0.2) is 0 Å². The summed E-state index contributed by atoms with van der Waals surface area (Å²) in [6.07, 6.45) is 0. The van der Waals surface area contributed by atoms with Gasteiger partial charge in [-0.3, -0.25) is 0 Å². The molecule has 0 radical (unpaired) electrons. The van der Waals surface area contributed by atoms with E-state index in [1.807, 2.05) is 0 Å². The standard InChI is InChI=1S/C11H15BrN2/c12-11-3-1-2-9(4-11)5-13-6-10-7-14-8-10/h1-4,10,13-14H,5-8H2. The highest BCUT2D eigenvalue weighted by Crippen LogP contribution is 2.11. The molecule has 14 heavy (non-hydrogen) atoms. The van der Waals surface area contributed by atoms with E-state index in [2.05, 4.69) is 50.8 Å². The first-order valence-electron chi connectivity index (χ1n) is 5.00. The fraction of sp³-hybridized carbons (Fsp3) is 0.455. The monoisotopic (exact) mass is 254 g/mol. The summed E-state index contributed by atoms with van der Waals surface area (Å²) in [5.74, 6) is 0.835. The summed E-state index contributed by atoms with van der Waals surface area (Å²) in [5, 5.41) is 6.74. The van der Waals surface area contributed by atoms with Gasteiger partial charge in [-0.2, -0.15) is 0 Å². The molecule has 1 aliphatic heterocycles. The number of nitrogens with one attached hydrogen (secondary N) is 2. The number of benzene rings is 1. The highest BCUT2D eigenvalue weighted by atomic mass is 79.9. The third-order valence-electron chi connectivity index (χ3n) is 2.52. The van der Waals surface area contributed by atoms with Gasteiger partial charge in [-0.15, -0.1) is 0 Å². The molecular weight excluding hydrogens is 240 g/mol. The summed E-state index contributed by atoms with van der Waals surface area (Å²) >= 11 is 3.47. The highest BCUT2D eigenvalue weighted by Gasteiger charge is 2.15. The topological polar surface area (TPSA) is 24.1 Å². The van der Waals surface area contributed by atoms with Crippen LogP contribution in [0.2, 0.25) is 0 Å². The molecule has 76 valence electrons. The van der Waals surface area contributed by atoms with Gasteiger partial charge in [-0.1, -0.05) is 28.1 Å². The molecule has 1 saturated heterocycles. The second-order valence-electron chi connectivity index (χ2n) is 3.79. The molecule has 0 aliphatic carbocycles. The van der Waals surface area contributed by atoms with Crippen LogP contribution in [0.5, 0.6) is 0 Å². The van der Waals surface area contributed by atoms with Crippen molar-refractivity contribution in [2.75, 3.05) is 19.6 Å². The van der Waals surface area contributed by atoms with Gasteiger partial charge >= 0.3 is 0 Å². The minimum absolute atomic E-state index is 0.835. The van der Waals surface area contributed by atoms with Crippen molar-refractivity contribution in [2.24, 2.45) is 5.92 Å². The van der Waals surface area contributed by atoms with Crippen molar-refractivity contribution in [3.8, 4) is 0 Å². The fourth-order valence-corrected chi connectivity index (χ4v) is 2.01. The first kappa shape index (κ1) is 10.1. The normalized spacial score (nSPS) is 16.6. The molecule has 1 heterocycles. The van der Waals surface area contributed by atoms with Crippen LogP contribution in [0.15, 0.2) is 28.7 Å². The molecule has 1 aromatic carbocycles.